The smallest absolute Gasteiger partial charge is 0.221 e. The van der Waals surface area contributed by atoms with Gasteiger partial charge in [-0.15, -0.1) is 5.10 Å². The Morgan fingerprint density at radius 1 is 1.13 bits per heavy atom. The molecule has 1 atom stereocenters. The Morgan fingerprint density at radius 2 is 1.94 bits per heavy atom. The molecule has 2 heterocycles. The number of nitrogens with one attached hydrogen (secondary N) is 2. The highest BCUT2D eigenvalue weighted by molar-refractivity contribution is 7.99. The first-order chi connectivity index (χ1) is 15.2. The SMILES string of the molecule is COc1ccc(-c2nc(S[C@H](CC(=O)NCc3ccco3)c3ccccc3)n[nH]2)cc1. The predicted molar refractivity (Wildman–Crippen MR) is 119 cm³/mol. The minimum absolute atomic E-state index is 0.0660. The number of carbonyl (C=O) groups excluding carboxylic acids is 1. The Balaban J connectivity index is 1.46. The number of carbonyl (C=O) groups is 1. The number of hydrogen-bond acceptors (Lipinski definition) is 6. The molecular formula is C23H22N4O3S. The van der Waals surface area contributed by atoms with Gasteiger partial charge in [-0.1, -0.05) is 42.1 Å². The lowest BCUT2D eigenvalue weighted by atomic mass is 10.1. The largest absolute Gasteiger partial charge is 0.497 e. The standard InChI is InChI=1S/C23H22N4O3S/c1-29-18-11-9-17(10-12-18)22-25-23(27-26-22)31-20(16-6-3-2-4-7-16)14-21(28)24-15-19-8-5-13-30-19/h2-13,20H,14-15H2,1H3,(H,24,28)(H,25,26,27)/t20-/m1/s1. The number of benzene rings is 2. The molecule has 4 rings (SSSR count). The molecule has 0 unspecified atom stereocenters. The van der Waals surface area contributed by atoms with Crippen LogP contribution in [0, 0.1) is 0 Å². The van der Waals surface area contributed by atoms with E-state index in [4.69, 9.17) is 9.15 Å². The van der Waals surface area contributed by atoms with Gasteiger partial charge in [0.2, 0.25) is 11.1 Å². The van der Waals surface area contributed by atoms with Crippen molar-refractivity contribution in [1.82, 2.24) is 20.5 Å². The van der Waals surface area contributed by atoms with E-state index in [9.17, 15) is 4.79 Å². The molecule has 4 aromatic rings. The van der Waals surface area contributed by atoms with Crippen LogP contribution in [0.5, 0.6) is 5.75 Å². The van der Waals surface area contributed by atoms with Gasteiger partial charge in [0.05, 0.1) is 19.9 Å². The summed E-state index contributed by atoms with van der Waals surface area (Å²) in [6.45, 7) is 0.361. The van der Waals surface area contributed by atoms with E-state index in [1.807, 2.05) is 60.7 Å². The number of furan rings is 1. The van der Waals surface area contributed by atoms with Crippen LogP contribution < -0.4 is 10.1 Å². The molecule has 0 aliphatic heterocycles. The summed E-state index contributed by atoms with van der Waals surface area (Å²) in [5.74, 6) is 2.10. The molecule has 2 aromatic carbocycles. The molecule has 7 nitrogen and oxygen atoms in total. The summed E-state index contributed by atoms with van der Waals surface area (Å²) in [6.07, 6.45) is 1.88. The van der Waals surface area contributed by atoms with Gasteiger partial charge in [-0.05, 0) is 42.0 Å². The summed E-state index contributed by atoms with van der Waals surface area (Å²) < 4.78 is 10.5. The van der Waals surface area contributed by atoms with Crippen molar-refractivity contribution in [2.24, 2.45) is 0 Å². The average Bonchev–Trinajstić information content (AvgIpc) is 3.50. The van der Waals surface area contributed by atoms with E-state index in [-0.39, 0.29) is 11.2 Å². The second-order valence-electron chi connectivity index (χ2n) is 6.77. The maximum Gasteiger partial charge on any atom is 0.221 e. The summed E-state index contributed by atoms with van der Waals surface area (Å²) >= 11 is 1.45. The van der Waals surface area contributed by atoms with Gasteiger partial charge in [-0.2, -0.15) is 0 Å². The number of nitrogens with zero attached hydrogens (tertiary/aromatic N) is 2. The third-order valence-corrected chi connectivity index (χ3v) is 5.77. The van der Waals surface area contributed by atoms with Gasteiger partial charge < -0.3 is 14.5 Å². The van der Waals surface area contributed by atoms with E-state index in [1.165, 1.54) is 11.8 Å². The van der Waals surface area contributed by atoms with Crippen molar-refractivity contribution in [2.75, 3.05) is 7.11 Å². The van der Waals surface area contributed by atoms with Crippen molar-refractivity contribution in [3.63, 3.8) is 0 Å². The van der Waals surface area contributed by atoms with Gasteiger partial charge in [0.15, 0.2) is 5.82 Å². The molecule has 31 heavy (non-hydrogen) atoms. The number of aromatic nitrogens is 3. The van der Waals surface area contributed by atoms with E-state index < -0.39 is 0 Å². The van der Waals surface area contributed by atoms with Crippen LogP contribution in [0.4, 0.5) is 0 Å². The number of amides is 1. The Bertz CT molecular complexity index is 1100. The molecule has 2 N–H and O–H groups in total. The molecule has 1 amide bonds. The molecule has 0 spiro atoms. The molecule has 0 bridgehead atoms. The molecule has 0 saturated carbocycles. The van der Waals surface area contributed by atoms with Gasteiger partial charge in [0, 0.05) is 17.2 Å². The maximum absolute atomic E-state index is 12.6. The van der Waals surface area contributed by atoms with Gasteiger partial charge in [0.25, 0.3) is 0 Å². The Labute approximate surface area is 184 Å². The lowest BCUT2D eigenvalue weighted by Gasteiger charge is -2.15. The lowest BCUT2D eigenvalue weighted by molar-refractivity contribution is -0.121. The molecule has 0 fully saturated rings. The number of rotatable bonds is 9. The zero-order valence-corrected chi connectivity index (χ0v) is 17.8. The quantitative estimate of drug-likeness (QED) is 0.374. The number of H-pyrrole nitrogens is 1. The zero-order valence-electron chi connectivity index (χ0n) is 16.9. The van der Waals surface area contributed by atoms with E-state index in [1.54, 1.807) is 19.4 Å². The van der Waals surface area contributed by atoms with Crippen LogP contribution in [0.15, 0.2) is 82.6 Å². The highest BCUT2D eigenvalue weighted by Gasteiger charge is 2.20. The Hall–Kier alpha value is -3.52. The van der Waals surface area contributed by atoms with Crippen LogP contribution in [-0.4, -0.2) is 28.2 Å². The Morgan fingerprint density at radius 3 is 2.65 bits per heavy atom. The summed E-state index contributed by atoms with van der Waals surface area (Å²) in [5, 5.41) is 10.7. The van der Waals surface area contributed by atoms with Gasteiger partial charge in [-0.25, -0.2) is 4.98 Å². The van der Waals surface area contributed by atoms with Crippen molar-refractivity contribution in [2.45, 2.75) is 23.4 Å². The Kier molecular flexibility index (Phi) is 6.68. The van der Waals surface area contributed by atoms with Crippen LogP contribution in [0.3, 0.4) is 0 Å². The maximum atomic E-state index is 12.6. The van der Waals surface area contributed by atoms with Crippen molar-refractivity contribution >= 4 is 17.7 Å². The van der Waals surface area contributed by atoms with Crippen LogP contribution in [0.1, 0.15) is 23.0 Å². The van der Waals surface area contributed by atoms with Crippen molar-refractivity contribution in [3.8, 4) is 17.1 Å². The molecular weight excluding hydrogens is 412 g/mol. The summed E-state index contributed by atoms with van der Waals surface area (Å²) in [6, 6.07) is 21.1. The predicted octanol–water partition coefficient (Wildman–Crippen LogP) is 4.61. The summed E-state index contributed by atoms with van der Waals surface area (Å²) in [5.41, 5.74) is 1.95. The van der Waals surface area contributed by atoms with E-state index in [0.29, 0.717) is 23.9 Å². The fourth-order valence-corrected chi connectivity index (χ4v) is 4.06. The molecule has 2 aromatic heterocycles. The summed E-state index contributed by atoms with van der Waals surface area (Å²) in [7, 11) is 1.63. The second-order valence-corrected chi connectivity index (χ2v) is 7.94. The topological polar surface area (TPSA) is 93.0 Å². The van der Waals surface area contributed by atoms with Crippen molar-refractivity contribution in [3.05, 3.63) is 84.3 Å². The molecule has 0 aliphatic rings. The minimum Gasteiger partial charge on any atom is -0.497 e. The highest BCUT2D eigenvalue weighted by atomic mass is 32.2. The normalized spacial score (nSPS) is 11.8. The molecule has 158 valence electrons. The van der Waals surface area contributed by atoms with Gasteiger partial charge in [-0.3, -0.25) is 9.89 Å². The third-order valence-electron chi connectivity index (χ3n) is 4.66. The fraction of sp³-hybridized carbons (Fsp3) is 0.174. The number of hydrogen-bond donors (Lipinski definition) is 2. The summed E-state index contributed by atoms with van der Waals surface area (Å²) in [4.78, 5) is 17.2. The van der Waals surface area contributed by atoms with Crippen LogP contribution in [0.2, 0.25) is 0 Å². The first-order valence-corrected chi connectivity index (χ1v) is 10.7. The zero-order chi connectivity index (χ0) is 21.5. The lowest BCUT2D eigenvalue weighted by Crippen LogP contribution is -2.23. The molecule has 0 radical (unpaired) electrons. The first-order valence-electron chi connectivity index (χ1n) is 9.79. The second kappa shape index (κ2) is 9.99. The van der Waals surface area contributed by atoms with E-state index in [0.717, 1.165) is 22.6 Å². The van der Waals surface area contributed by atoms with E-state index in [2.05, 4.69) is 20.5 Å². The van der Waals surface area contributed by atoms with E-state index >= 15 is 0 Å². The highest BCUT2D eigenvalue weighted by Crippen LogP contribution is 2.36. The monoisotopic (exact) mass is 434 g/mol. The van der Waals surface area contributed by atoms with Crippen molar-refractivity contribution in [1.29, 1.82) is 0 Å². The van der Waals surface area contributed by atoms with Crippen molar-refractivity contribution < 1.29 is 13.9 Å². The van der Waals surface area contributed by atoms with Gasteiger partial charge in [0.1, 0.15) is 11.5 Å². The third kappa shape index (κ3) is 5.55. The van der Waals surface area contributed by atoms with Gasteiger partial charge >= 0.3 is 0 Å². The number of methoxy groups -OCH3 is 1. The van der Waals surface area contributed by atoms with Crippen LogP contribution in [0.25, 0.3) is 11.4 Å². The molecule has 0 saturated heterocycles. The van der Waals surface area contributed by atoms with Crippen LogP contribution in [-0.2, 0) is 11.3 Å². The minimum atomic E-state index is -0.127. The molecule has 8 heteroatoms. The molecule has 0 aliphatic carbocycles. The first kappa shape index (κ1) is 20.7. The van der Waals surface area contributed by atoms with Crippen LogP contribution >= 0.6 is 11.8 Å². The number of aromatic amines is 1. The number of thioether (sulfide) groups is 1. The average molecular weight is 435 g/mol. The fourth-order valence-electron chi connectivity index (χ4n) is 3.04. The number of ether oxygens (including phenoxy) is 1.